The number of rotatable bonds is 4. The van der Waals surface area contributed by atoms with Gasteiger partial charge < -0.3 is 9.09 Å². The molecular formula is C15H17ClN4O. The van der Waals surface area contributed by atoms with Crippen LogP contribution in [0.4, 0.5) is 0 Å². The number of halogens is 1. The molecule has 1 atom stereocenters. The van der Waals surface area contributed by atoms with E-state index in [4.69, 9.17) is 21.1 Å². The van der Waals surface area contributed by atoms with Gasteiger partial charge in [0.25, 0.3) is 0 Å². The van der Waals surface area contributed by atoms with Crippen LogP contribution < -0.4 is 0 Å². The van der Waals surface area contributed by atoms with E-state index in [1.54, 1.807) is 0 Å². The van der Waals surface area contributed by atoms with Gasteiger partial charge in [-0.1, -0.05) is 17.3 Å². The molecule has 0 spiro atoms. The number of imidazole rings is 1. The fourth-order valence-electron chi connectivity index (χ4n) is 2.49. The summed E-state index contributed by atoms with van der Waals surface area (Å²) in [7, 11) is 0. The lowest BCUT2D eigenvalue weighted by Crippen LogP contribution is -2.07. The summed E-state index contributed by atoms with van der Waals surface area (Å²) in [5.41, 5.74) is 3.24. The second kappa shape index (κ2) is 5.48. The van der Waals surface area contributed by atoms with Gasteiger partial charge in [-0.3, -0.25) is 0 Å². The van der Waals surface area contributed by atoms with Crippen molar-refractivity contribution in [3.05, 3.63) is 41.3 Å². The van der Waals surface area contributed by atoms with E-state index in [9.17, 15) is 0 Å². The summed E-state index contributed by atoms with van der Waals surface area (Å²) in [6, 6.07) is 6.16. The first kappa shape index (κ1) is 14.1. The van der Waals surface area contributed by atoms with Crippen LogP contribution in [0.3, 0.4) is 0 Å². The average molecular weight is 305 g/mol. The first-order chi connectivity index (χ1) is 10.1. The second-order valence-corrected chi connectivity index (χ2v) is 5.82. The van der Waals surface area contributed by atoms with Crippen molar-refractivity contribution in [3.8, 4) is 0 Å². The quantitative estimate of drug-likeness (QED) is 0.691. The van der Waals surface area contributed by atoms with Crippen LogP contribution >= 0.6 is 11.6 Å². The summed E-state index contributed by atoms with van der Waals surface area (Å²) in [4.78, 5) is 8.93. The molecule has 3 rings (SSSR count). The van der Waals surface area contributed by atoms with Crippen LogP contribution in [0.2, 0.25) is 0 Å². The zero-order valence-corrected chi connectivity index (χ0v) is 13.1. The number of nitrogens with zero attached hydrogens (tertiary/aromatic N) is 4. The highest BCUT2D eigenvalue weighted by Crippen LogP contribution is 2.26. The molecule has 110 valence electrons. The smallest absolute Gasteiger partial charge is 0.228 e. The standard InChI is InChI=1S/C15H17ClN4O/c1-9-5-4-6-12-14(9)18-15(10(2)16)20(12)8-7-13-17-11(3)19-21-13/h4-6,10H,7-8H2,1-3H3. The fraction of sp³-hybridized carbons (Fsp3) is 0.400. The van der Waals surface area contributed by atoms with Gasteiger partial charge in [-0.15, -0.1) is 11.6 Å². The Balaban J connectivity index is 1.99. The number of hydrogen-bond donors (Lipinski definition) is 0. The van der Waals surface area contributed by atoms with Gasteiger partial charge in [0, 0.05) is 13.0 Å². The number of aryl methyl sites for hydroxylation is 4. The molecule has 21 heavy (non-hydrogen) atoms. The van der Waals surface area contributed by atoms with E-state index in [1.807, 2.05) is 19.9 Å². The van der Waals surface area contributed by atoms with E-state index in [0.717, 1.165) is 22.4 Å². The number of alkyl halides is 1. The molecule has 0 radical (unpaired) electrons. The first-order valence-corrected chi connectivity index (χ1v) is 7.39. The van der Waals surface area contributed by atoms with E-state index in [2.05, 4.69) is 33.8 Å². The maximum Gasteiger partial charge on any atom is 0.228 e. The maximum atomic E-state index is 6.28. The van der Waals surface area contributed by atoms with Gasteiger partial charge in [0.05, 0.1) is 16.4 Å². The zero-order chi connectivity index (χ0) is 15.0. The van der Waals surface area contributed by atoms with Crippen molar-refractivity contribution in [1.29, 1.82) is 0 Å². The minimum Gasteiger partial charge on any atom is -0.339 e. The van der Waals surface area contributed by atoms with Crippen LogP contribution in [0.15, 0.2) is 22.7 Å². The van der Waals surface area contributed by atoms with Gasteiger partial charge in [0.15, 0.2) is 5.82 Å². The monoisotopic (exact) mass is 304 g/mol. The Bertz CT molecular complexity index is 775. The number of hydrogen-bond acceptors (Lipinski definition) is 4. The molecule has 5 nitrogen and oxygen atoms in total. The Labute approximate surface area is 127 Å². The third-order valence-electron chi connectivity index (χ3n) is 3.48. The number of fused-ring (bicyclic) bond motifs is 1. The molecule has 2 heterocycles. The summed E-state index contributed by atoms with van der Waals surface area (Å²) in [6.45, 7) is 6.53. The van der Waals surface area contributed by atoms with Gasteiger partial charge in [0.2, 0.25) is 5.89 Å². The minimum absolute atomic E-state index is 0.152. The summed E-state index contributed by atoms with van der Waals surface area (Å²) >= 11 is 6.28. The van der Waals surface area contributed by atoms with Crippen molar-refractivity contribution < 1.29 is 4.52 Å². The highest BCUT2D eigenvalue weighted by Gasteiger charge is 2.16. The molecule has 6 heteroatoms. The summed E-state index contributed by atoms with van der Waals surface area (Å²) in [5, 5.41) is 3.66. The SMILES string of the molecule is Cc1noc(CCn2c(C(C)Cl)nc3c(C)cccc32)n1. The number of benzene rings is 1. The molecule has 0 fully saturated rings. The van der Waals surface area contributed by atoms with Gasteiger partial charge in [-0.25, -0.2) is 4.98 Å². The second-order valence-electron chi connectivity index (χ2n) is 5.17. The minimum atomic E-state index is -0.152. The first-order valence-electron chi connectivity index (χ1n) is 6.95. The van der Waals surface area contributed by atoms with E-state index in [-0.39, 0.29) is 5.38 Å². The molecule has 1 unspecified atom stereocenters. The van der Waals surface area contributed by atoms with Gasteiger partial charge in [-0.05, 0) is 32.4 Å². The van der Waals surface area contributed by atoms with E-state index in [1.165, 1.54) is 0 Å². The van der Waals surface area contributed by atoms with Gasteiger partial charge >= 0.3 is 0 Å². The third kappa shape index (κ3) is 2.65. The van der Waals surface area contributed by atoms with Crippen molar-refractivity contribution in [2.45, 2.75) is 39.1 Å². The van der Waals surface area contributed by atoms with Crippen molar-refractivity contribution in [2.24, 2.45) is 0 Å². The predicted molar refractivity (Wildman–Crippen MR) is 81.5 cm³/mol. The van der Waals surface area contributed by atoms with Gasteiger partial charge in [-0.2, -0.15) is 4.98 Å². The highest BCUT2D eigenvalue weighted by molar-refractivity contribution is 6.20. The van der Waals surface area contributed by atoms with Crippen molar-refractivity contribution in [2.75, 3.05) is 0 Å². The topological polar surface area (TPSA) is 56.7 Å². The van der Waals surface area contributed by atoms with Crippen LogP contribution in [0.5, 0.6) is 0 Å². The Hall–Kier alpha value is -1.88. The summed E-state index contributed by atoms with van der Waals surface area (Å²) in [6.07, 6.45) is 0.664. The maximum absolute atomic E-state index is 6.28. The molecule has 3 aromatic rings. The summed E-state index contributed by atoms with van der Waals surface area (Å²) < 4.78 is 7.31. The van der Waals surface area contributed by atoms with Crippen LogP contribution in [0.1, 0.15) is 35.4 Å². The molecule has 2 aromatic heterocycles. The van der Waals surface area contributed by atoms with Crippen molar-refractivity contribution in [1.82, 2.24) is 19.7 Å². The molecule has 0 bridgehead atoms. The lowest BCUT2D eigenvalue weighted by molar-refractivity contribution is 0.368. The molecular weight excluding hydrogens is 288 g/mol. The molecule has 0 N–H and O–H groups in total. The van der Waals surface area contributed by atoms with E-state index in [0.29, 0.717) is 24.7 Å². The Morgan fingerprint density at radius 1 is 1.29 bits per heavy atom. The highest BCUT2D eigenvalue weighted by atomic mass is 35.5. The Morgan fingerprint density at radius 3 is 2.76 bits per heavy atom. The molecule has 0 amide bonds. The number of para-hydroxylation sites is 1. The van der Waals surface area contributed by atoms with Crippen LogP contribution in [0.25, 0.3) is 11.0 Å². The zero-order valence-electron chi connectivity index (χ0n) is 12.3. The Kier molecular flexibility index (Phi) is 3.68. The lowest BCUT2D eigenvalue weighted by atomic mass is 10.2. The van der Waals surface area contributed by atoms with E-state index < -0.39 is 0 Å². The molecule has 0 aliphatic carbocycles. The average Bonchev–Trinajstić information content (AvgIpc) is 3.01. The largest absolute Gasteiger partial charge is 0.339 e. The molecule has 1 aromatic carbocycles. The predicted octanol–water partition coefficient (Wildman–Crippen LogP) is 3.58. The molecule has 0 aliphatic heterocycles. The lowest BCUT2D eigenvalue weighted by Gasteiger charge is -2.09. The molecule has 0 aliphatic rings. The fourth-order valence-corrected chi connectivity index (χ4v) is 2.66. The van der Waals surface area contributed by atoms with Crippen molar-refractivity contribution >= 4 is 22.6 Å². The number of aromatic nitrogens is 4. The summed E-state index contributed by atoms with van der Waals surface area (Å²) in [5.74, 6) is 2.16. The van der Waals surface area contributed by atoms with Crippen LogP contribution in [-0.4, -0.2) is 19.7 Å². The normalized spacial score (nSPS) is 13.0. The van der Waals surface area contributed by atoms with Gasteiger partial charge in [0.1, 0.15) is 5.82 Å². The van der Waals surface area contributed by atoms with Crippen LogP contribution in [0, 0.1) is 13.8 Å². The van der Waals surface area contributed by atoms with Crippen molar-refractivity contribution in [3.63, 3.8) is 0 Å². The Morgan fingerprint density at radius 2 is 2.10 bits per heavy atom. The van der Waals surface area contributed by atoms with Crippen LogP contribution in [-0.2, 0) is 13.0 Å². The molecule has 0 saturated carbocycles. The molecule has 0 saturated heterocycles. The van der Waals surface area contributed by atoms with E-state index >= 15 is 0 Å². The third-order valence-corrected chi connectivity index (χ3v) is 3.68.